The van der Waals surface area contributed by atoms with Gasteiger partial charge in [-0.1, -0.05) is 59.6 Å². The maximum atomic E-state index is 3.35. The average Bonchev–Trinajstić information content (AvgIpc) is 1.89. The largest absolute Gasteiger partial charge is 0.0928 e. The third kappa shape index (κ3) is 24.8. The summed E-state index contributed by atoms with van der Waals surface area (Å²) in [6.45, 7) is 8.80. The average molecular weight is 288 g/mol. The lowest BCUT2D eigenvalue weighted by Gasteiger charge is -1.94. The molecule has 0 aliphatic rings. The third-order valence-electron chi connectivity index (χ3n) is 0.995. The van der Waals surface area contributed by atoms with Crippen LogP contribution in [0, 0.1) is 11.8 Å². The molecule has 70 valence electrons. The normalized spacial score (nSPS) is 9.82. The van der Waals surface area contributed by atoms with Gasteiger partial charge < -0.3 is 0 Å². The van der Waals surface area contributed by atoms with E-state index in [9.17, 15) is 0 Å². The Balaban J connectivity index is 0. The van der Waals surface area contributed by atoms with Crippen LogP contribution in [0.15, 0.2) is 0 Å². The SMILES string of the molecule is CC(C)CBr.CC(C)CCBr. The molecule has 11 heavy (non-hydrogen) atoms. The fourth-order valence-corrected chi connectivity index (χ4v) is 1.13. The van der Waals surface area contributed by atoms with Gasteiger partial charge in [0.05, 0.1) is 0 Å². The Labute approximate surface area is 88.4 Å². The van der Waals surface area contributed by atoms with E-state index in [4.69, 9.17) is 0 Å². The van der Waals surface area contributed by atoms with Gasteiger partial charge >= 0.3 is 0 Å². The second kappa shape index (κ2) is 11.0. The molecule has 0 radical (unpaired) electrons. The van der Waals surface area contributed by atoms with Gasteiger partial charge in [-0.15, -0.1) is 0 Å². The minimum Gasteiger partial charge on any atom is -0.0928 e. The Morgan fingerprint density at radius 3 is 1.27 bits per heavy atom. The van der Waals surface area contributed by atoms with E-state index in [2.05, 4.69) is 59.6 Å². The van der Waals surface area contributed by atoms with Gasteiger partial charge in [-0.2, -0.15) is 0 Å². The van der Waals surface area contributed by atoms with E-state index in [0.29, 0.717) is 0 Å². The van der Waals surface area contributed by atoms with E-state index in [0.717, 1.165) is 22.5 Å². The zero-order valence-corrected chi connectivity index (χ0v) is 11.2. The first-order valence-corrected chi connectivity index (χ1v) is 6.40. The van der Waals surface area contributed by atoms with Crippen molar-refractivity contribution >= 4 is 31.9 Å². The molecule has 0 N–H and O–H groups in total. The molecule has 0 rings (SSSR count). The smallest absolute Gasteiger partial charge is 0.00544 e. The first kappa shape index (κ1) is 14.5. The Hall–Kier alpha value is 0.960. The Morgan fingerprint density at radius 1 is 0.909 bits per heavy atom. The molecule has 0 amide bonds. The topological polar surface area (TPSA) is 0 Å². The van der Waals surface area contributed by atoms with E-state index >= 15 is 0 Å². The van der Waals surface area contributed by atoms with Gasteiger partial charge in [0.15, 0.2) is 0 Å². The summed E-state index contributed by atoms with van der Waals surface area (Å²) in [6, 6.07) is 0. The van der Waals surface area contributed by atoms with Gasteiger partial charge in [0.25, 0.3) is 0 Å². The monoisotopic (exact) mass is 286 g/mol. The van der Waals surface area contributed by atoms with Crippen LogP contribution in [0.2, 0.25) is 0 Å². The molecule has 0 atom stereocenters. The Bertz CT molecular complexity index is 60.6. The molecule has 0 aromatic carbocycles. The zero-order chi connectivity index (χ0) is 9.28. The zero-order valence-electron chi connectivity index (χ0n) is 8.03. The van der Waals surface area contributed by atoms with Crippen LogP contribution >= 0.6 is 31.9 Å². The van der Waals surface area contributed by atoms with Gasteiger partial charge in [-0.3, -0.25) is 0 Å². The van der Waals surface area contributed by atoms with Crippen LogP contribution in [0.5, 0.6) is 0 Å². The number of halogens is 2. The quantitative estimate of drug-likeness (QED) is 0.672. The summed E-state index contributed by atoms with van der Waals surface area (Å²) in [4.78, 5) is 0. The summed E-state index contributed by atoms with van der Waals surface area (Å²) in [5.41, 5.74) is 0. The van der Waals surface area contributed by atoms with E-state index in [-0.39, 0.29) is 0 Å². The molecule has 0 aliphatic heterocycles. The van der Waals surface area contributed by atoms with E-state index in [1.54, 1.807) is 0 Å². The number of hydrogen-bond donors (Lipinski definition) is 0. The minimum atomic E-state index is 0.801. The molecular formula is C9H20Br2. The predicted molar refractivity (Wildman–Crippen MR) is 61.9 cm³/mol. The standard InChI is InChI=1S/C5H11Br.C4H9Br/c1-5(2)3-4-6;1-4(2)3-5/h5H,3-4H2,1-2H3;4H,3H2,1-2H3. The van der Waals surface area contributed by atoms with Gasteiger partial charge in [0, 0.05) is 10.7 Å². The first-order valence-electron chi connectivity index (χ1n) is 4.16. The van der Waals surface area contributed by atoms with Crippen LogP contribution in [-0.2, 0) is 0 Å². The summed E-state index contributed by atoms with van der Waals surface area (Å²) < 4.78 is 0. The molecule has 0 aromatic rings. The lowest BCUT2D eigenvalue weighted by Crippen LogP contribution is -1.84. The van der Waals surface area contributed by atoms with Crippen LogP contribution in [0.1, 0.15) is 34.1 Å². The van der Waals surface area contributed by atoms with Gasteiger partial charge in [-0.25, -0.2) is 0 Å². The van der Waals surface area contributed by atoms with Crippen LogP contribution in [-0.4, -0.2) is 10.7 Å². The lowest BCUT2D eigenvalue weighted by atomic mass is 10.2. The van der Waals surface area contributed by atoms with E-state index in [1.165, 1.54) is 6.42 Å². The van der Waals surface area contributed by atoms with Crippen molar-refractivity contribution in [2.24, 2.45) is 11.8 Å². The Morgan fingerprint density at radius 2 is 1.27 bits per heavy atom. The molecule has 0 heterocycles. The van der Waals surface area contributed by atoms with Crippen molar-refractivity contribution in [1.82, 2.24) is 0 Å². The predicted octanol–water partition coefficient (Wildman–Crippen LogP) is 4.46. The first-order chi connectivity index (χ1) is 5.04. The van der Waals surface area contributed by atoms with Gasteiger partial charge in [0.1, 0.15) is 0 Å². The van der Waals surface area contributed by atoms with Crippen molar-refractivity contribution in [3.8, 4) is 0 Å². The van der Waals surface area contributed by atoms with E-state index < -0.39 is 0 Å². The van der Waals surface area contributed by atoms with E-state index in [1.807, 2.05) is 0 Å². The number of rotatable bonds is 3. The molecule has 0 unspecified atom stereocenters. The maximum Gasteiger partial charge on any atom is 0.00544 e. The molecule has 0 nitrogen and oxygen atoms in total. The highest BCUT2D eigenvalue weighted by molar-refractivity contribution is 9.09. The van der Waals surface area contributed by atoms with Crippen LogP contribution in [0.25, 0.3) is 0 Å². The number of hydrogen-bond acceptors (Lipinski definition) is 0. The second-order valence-corrected chi connectivity index (χ2v) is 4.86. The van der Waals surface area contributed by atoms with Crippen molar-refractivity contribution in [2.45, 2.75) is 34.1 Å². The van der Waals surface area contributed by atoms with Gasteiger partial charge in [0.2, 0.25) is 0 Å². The summed E-state index contributed by atoms with van der Waals surface area (Å²) in [6.07, 6.45) is 1.29. The molecular weight excluding hydrogens is 268 g/mol. The summed E-state index contributed by atoms with van der Waals surface area (Å²) in [7, 11) is 0. The minimum absolute atomic E-state index is 0.801. The van der Waals surface area contributed by atoms with Crippen molar-refractivity contribution in [2.75, 3.05) is 10.7 Å². The summed E-state index contributed by atoms with van der Waals surface area (Å²) in [5.74, 6) is 1.65. The van der Waals surface area contributed by atoms with Crippen LogP contribution in [0.3, 0.4) is 0 Å². The second-order valence-electron chi connectivity index (χ2n) is 3.42. The highest BCUT2D eigenvalue weighted by Crippen LogP contribution is 2.00. The molecule has 0 saturated heterocycles. The summed E-state index contributed by atoms with van der Waals surface area (Å²) >= 11 is 6.66. The van der Waals surface area contributed by atoms with Crippen molar-refractivity contribution in [1.29, 1.82) is 0 Å². The fourth-order valence-electron chi connectivity index (χ4n) is 0.218. The highest BCUT2D eigenvalue weighted by atomic mass is 79.9. The molecule has 0 spiro atoms. The van der Waals surface area contributed by atoms with Crippen molar-refractivity contribution in [3.63, 3.8) is 0 Å². The van der Waals surface area contributed by atoms with Gasteiger partial charge in [-0.05, 0) is 18.3 Å². The third-order valence-corrected chi connectivity index (χ3v) is 2.75. The van der Waals surface area contributed by atoms with Crippen LogP contribution in [0.4, 0.5) is 0 Å². The van der Waals surface area contributed by atoms with Crippen molar-refractivity contribution < 1.29 is 0 Å². The molecule has 0 fully saturated rings. The molecule has 2 heteroatoms. The molecule has 0 aliphatic carbocycles. The Kier molecular flexibility index (Phi) is 14.4. The molecule has 0 aromatic heterocycles. The maximum absolute atomic E-state index is 3.35. The molecule has 0 bridgehead atoms. The fraction of sp³-hybridized carbons (Fsp3) is 1.00. The summed E-state index contributed by atoms with van der Waals surface area (Å²) in [5, 5.41) is 2.26. The lowest BCUT2D eigenvalue weighted by molar-refractivity contribution is 0.634. The highest BCUT2D eigenvalue weighted by Gasteiger charge is 1.86. The number of alkyl halides is 2. The van der Waals surface area contributed by atoms with Crippen LogP contribution < -0.4 is 0 Å². The van der Waals surface area contributed by atoms with Crippen molar-refractivity contribution in [3.05, 3.63) is 0 Å². The molecule has 0 saturated carbocycles.